The quantitative estimate of drug-likeness (QED) is 0.774. The van der Waals surface area contributed by atoms with E-state index in [4.69, 9.17) is 9.11 Å². The summed E-state index contributed by atoms with van der Waals surface area (Å²) in [7, 11) is -4.51. The van der Waals surface area contributed by atoms with Gasteiger partial charge in [0.1, 0.15) is 5.82 Å². The van der Waals surface area contributed by atoms with Crippen LogP contribution >= 0.6 is 0 Å². The highest BCUT2D eigenvalue weighted by atomic mass is 32.3. The maximum Gasteiger partial charge on any atom is 0.123 e. The first-order chi connectivity index (χ1) is 5.72. The monoisotopic (exact) mass is 206 g/mol. The zero-order valence-electron chi connectivity index (χ0n) is 7.11. The van der Waals surface area contributed by atoms with Gasteiger partial charge in [-0.2, -0.15) is 0 Å². The van der Waals surface area contributed by atoms with Crippen LogP contribution in [0.4, 0.5) is 4.39 Å². The van der Waals surface area contributed by atoms with Crippen LogP contribution in [0.25, 0.3) is 0 Å². The molecule has 0 saturated carbocycles. The average Bonchev–Trinajstić information content (AvgIpc) is 1.89. The van der Waals surface area contributed by atoms with Crippen LogP contribution < -0.4 is 0 Å². The lowest BCUT2D eigenvalue weighted by Crippen LogP contribution is -2.31. The normalized spacial score (nSPS) is 14.9. The second kappa shape index (κ2) is 2.87. The topological polar surface area (TPSA) is 57.5 Å². The van der Waals surface area contributed by atoms with Crippen LogP contribution in [-0.2, 0) is 15.4 Å². The minimum absolute atomic E-state index is 0.378. The zero-order chi connectivity index (χ0) is 10.1. The molecule has 1 rings (SSSR count). The molecule has 0 aliphatic carbocycles. The molecule has 0 aromatic heterocycles. The van der Waals surface area contributed by atoms with Crippen molar-refractivity contribution in [2.45, 2.75) is 5.75 Å². The van der Waals surface area contributed by atoms with Crippen molar-refractivity contribution in [3.8, 4) is 0 Å². The third-order valence-electron chi connectivity index (χ3n) is 1.41. The van der Waals surface area contributed by atoms with Crippen LogP contribution in [0.3, 0.4) is 0 Å². The van der Waals surface area contributed by atoms with E-state index in [0.29, 0.717) is 5.56 Å². The van der Waals surface area contributed by atoms with Crippen molar-refractivity contribution >= 4 is 9.63 Å². The number of rotatable bonds is 2. The smallest absolute Gasteiger partial charge is 0.123 e. The first kappa shape index (κ1) is 10.3. The van der Waals surface area contributed by atoms with Gasteiger partial charge in [0.15, 0.2) is 0 Å². The second-order valence-corrected chi connectivity index (χ2v) is 6.34. The van der Waals surface area contributed by atoms with Gasteiger partial charge in [-0.05, 0) is 17.7 Å². The molecule has 0 radical (unpaired) electrons. The molecule has 0 saturated heterocycles. The molecular formula is C8H11FO3S. The first-order valence-corrected chi connectivity index (χ1v) is 6.05. The molecule has 0 unspecified atom stereocenters. The van der Waals surface area contributed by atoms with Crippen molar-refractivity contribution in [1.29, 1.82) is 0 Å². The van der Waals surface area contributed by atoms with E-state index >= 15 is 0 Å². The van der Waals surface area contributed by atoms with E-state index in [0.717, 1.165) is 6.26 Å². The summed E-state index contributed by atoms with van der Waals surface area (Å²) in [5.74, 6) is -0.795. The molecule has 0 spiro atoms. The van der Waals surface area contributed by atoms with Gasteiger partial charge in [0, 0.05) is 6.26 Å². The Hall–Kier alpha value is -0.780. The SMILES string of the molecule is CS(=O)(O)(O)Cc1ccc(F)cc1. The Morgan fingerprint density at radius 3 is 2.15 bits per heavy atom. The predicted molar refractivity (Wildman–Crippen MR) is 49.4 cm³/mol. The van der Waals surface area contributed by atoms with Crippen LogP contribution in [0.2, 0.25) is 0 Å². The highest BCUT2D eigenvalue weighted by Gasteiger charge is 2.22. The average molecular weight is 206 g/mol. The lowest BCUT2D eigenvalue weighted by molar-refractivity contribution is 0.397. The lowest BCUT2D eigenvalue weighted by atomic mass is 10.2. The van der Waals surface area contributed by atoms with Crippen molar-refractivity contribution in [2.24, 2.45) is 0 Å². The molecule has 0 amide bonds. The maximum absolute atomic E-state index is 12.4. The van der Waals surface area contributed by atoms with Crippen LogP contribution in [0.15, 0.2) is 24.3 Å². The van der Waals surface area contributed by atoms with Crippen LogP contribution in [0.1, 0.15) is 5.56 Å². The van der Waals surface area contributed by atoms with Gasteiger partial charge in [-0.3, -0.25) is 0 Å². The van der Waals surface area contributed by atoms with Crippen molar-refractivity contribution < 1.29 is 17.7 Å². The van der Waals surface area contributed by atoms with E-state index in [1.807, 2.05) is 0 Å². The van der Waals surface area contributed by atoms with Gasteiger partial charge in [-0.15, -0.1) is 0 Å². The van der Waals surface area contributed by atoms with Crippen molar-refractivity contribution in [1.82, 2.24) is 0 Å². The summed E-state index contributed by atoms with van der Waals surface area (Å²) in [4.78, 5) is 0. The Kier molecular flexibility index (Phi) is 2.27. The standard InChI is InChI=1S/C8H11FO3S/c1-13(10,11,12)6-7-2-4-8(9)5-3-7/h2-5H,6H2,1H3,(H2,10,11,12). The van der Waals surface area contributed by atoms with E-state index in [1.54, 1.807) is 0 Å². The Labute approximate surface area is 75.6 Å². The number of hydrogen-bond donors (Lipinski definition) is 2. The Bertz CT molecular complexity index is 354. The van der Waals surface area contributed by atoms with E-state index < -0.39 is 15.4 Å². The summed E-state index contributed by atoms with van der Waals surface area (Å²) in [6.45, 7) is 0. The van der Waals surface area contributed by atoms with Gasteiger partial charge in [0.25, 0.3) is 0 Å². The molecule has 0 aliphatic heterocycles. The fourth-order valence-electron chi connectivity index (χ4n) is 0.964. The number of halogens is 1. The largest absolute Gasteiger partial charge is 0.308 e. The van der Waals surface area contributed by atoms with Crippen LogP contribution in [0.5, 0.6) is 0 Å². The first-order valence-electron chi connectivity index (χ1n) is 3.59. The van der Waals surface area contributed by atoms with Gasteiger partial charge >= 0.3 is 0 Å². The molecule has 3 nitrogen and oxygen atoms in total. The molecule has 1 aromatic carbocycles. The van der Waals surface area contributed by atoms with E-state index in [2.05, 4.69) is 0 Å². The van der Waals surface area contributed by atoms with Crippen molar-refractivity contribution in [2.75, 3.05) is 6.26 Å². The molecule has 1 aromatic rings. The highest BCUT2D eigenvalue weighted by Crippen LogP contribution is 2.18. The van der Waals surface area contributed by atoms with Crippen LogP contribution in [0, 0.1) is 5.82 Å². The molecule has 0 fully saturated rings. The summed E-state index contributed by atoms with van der Waals surface area (Å²) in [5.41, 5.74) is 0.422. The molecule has 0 bridgehead atoms. The van der Waals surface area contributed by atoms with Gasteiger partial charge in [0.2, 0.25) is 0 Å². The summed E-state index contributed by atoms with van der Waals surface area (Å²) in [5, 5.41) is 0. The summed E-state index contributed by atoms with van der Waals surface area (Å²) in [6, 6.07) is 5.07. The van der Waals surface area contributed by atoms with Crippen molar-refractivity contribution in [3.05, 3.63) is 35.6 Å². The number of benzene rings is 1. The molecule has 74 valence electrons. The van der Waals surface area contributed by atoms with Crippen molar-refractivity contribution in [3.63, 3.8) is 0 Å². The Morgan fingerprint density at radius 1 is 1.31 bits per heavy atom. The molecule has 0 aliphatic rings. The van der Waals surface area contributed by atoms with E-state index in [9.17, 15) is 8.60 Å². The second-order valence-electron chi connectivity index (χ2n) is 3.20. The molecule has 0 heterocycles. The third kappa shape index (κ3) is 4.12. The fraction of sp³-hybridized carbons (Fsp3) is 0.250. The fourth-order valence-corrected chi connectivity index (χ4v) is 1.92. The minimum atomic E-state index is -4.51. The van der Waals surface area contributed by atoms with E-state index in [-0.39, 0.29) is 5.75 Å². The maximum atomic E-state index is 12.4. The van der Waals surface area contributed by atoms with Gasteiger partial charge in [0.05, 0.1) is 15.4 Å². The number of hydrogen-bond acceptors (Lipinski definition) is 1. The summed E-state index contributed by atoms with van der Waals surface area (Å²) >= 11 is 0. The molecule has 13 heavy (non-hydrogen) atoms. The van der Waals surface area contributed by atoms with E-state index in [1.165, 1.54) is 24.3 Å². The zero-order valence-corrected chi connectivity index (χ0v) is 7.92. The summed E-state index contributed by atoms with van der Waals surface area (Å²) in [6.07, 6.45) is 0.862. The Morgan fingerprint density at radius 2 is 1.77 bits per heavy atom. The third-order valence-corrected chi connectivity index (χ3v) is 2.41. The van der Waals surface area contributed by atoms with Gasteiger partial charge in [-0.25, -0.2) is 8.60 Å². The summed E-state index contributed by atoms with van der Waals surface area (Å²) < 4.78 is 41.5. The van der Waals surface area contributed by atoms with Crippen LogP contribution in [-0.4, -0.2) is 19.6 Å². The molecular weight excluding hydrogens is 195 g/mol. The van der Waals surface area contributed by atoms with Gasteiger partial charge < -0.3 is 9.11 Å². The lowest BCUT2D eigenvalue weighted by Gasteiger charge is -2.25. The molecule has 0 atom stereocenters. The minimum Gasteiger partial charge on any atom is -0.308 e. The highest BCUT2D eigenvalue weighted by molar-refractivity contribution is 8.08. The van der Waals surface area contributed by atoms with Gasteiger partial charge in [-0.1, -0.05) is 12.1 Å². The predicted octanol–water partition coefficient (Wildman–Crippen LogP) is 1.72. The molecule has 2 N–H and O–H groups in total. The molecule has 5 heteroatoms. The Balaban J connectivity index is 2.89.